The summed E-state index contributed by atoms with van der Waals surface area (Å²) in [5, 5.41) is 10.2. The van der Waals surface area contributed by atoms with Crippen LogP contribution in [0.2, 0.25) is 0 Å². The maximum atomic E-state index is 13.9. The molecule has 0 radical (unpaired) electrons. The van der Waals surface area contributed by atoms with Gasteiger partial charge < -0.3 is 10.0 Å². The number of nitrogens with zero attached hydrogens (tertiary/aromatic N) is 4. The highest BCUT2D eigenvalue weighted by molar-refractivity contribution is 7.89. The number of sulfonamides is 1. The van der Waals surface area contributed by atoms with Gasteiger partial charge in [0.15, 0.2) is 0 Å². The molecule has 0 spiro atoms. The largest absolute Gasteiger partial charge is 0.477 e. The van der Waals surface area contributed by atoms with Crippen LogP contribution in [0.3, 0.4) is 0 Å². The summed E-state index contributed by atoms with van der Waals surface area (Å²) >= 11 is 1.10. The van der Waals surface area contributed by atoms with E-state index in [9.17, 15) is 23.1 Å². The van der Waals surface area contributed by atoms with Crippen LogP contribution in [-0.4, -0.2) is 58.8 Å². The van der Waals surface area contributed by atoms with Crippen LogP contribution in [0.4, 0.5) is 5.69 Å². The van der Waals surface area contributed by atoms with Crippen LogP contribution in [-0.2, 0) is 14.8 Å². The van der Waals surface area contributed by atoms with E-state index in [1.54, 1.807) is 53.7 Å². The molecule has 11 heteroatoms. The predicted octanol–water partition coefficient (Wildman–Crippen LogP) is 6.04. The van der Waals surface area contributed by atoms with Crippen LogP contribution >= 0.6 is 11.3 Å². The molecule has 4 heterocycles. The van der Waals surface area contributed by atoms with E-state index >= 15 is 0 Å². The molecule has 1 amide bonds. The van der Waals surface area contributed by atoms with Gasteiger partial charge in [0.05, 0.1) is 24.0 Å². The van der Waals surface area contributed by atoms with Gasteiger partial charge in [-0.3, -0.25) is 14.8 Å². The van der Waals surface area contributed by atoms with Crippen LogP contribution in [0.15, 0.2) is 84.7 Å². The van der Waals surface area contributed by atoms with Crippen molar-refractivity contribution in [3.8, 4) is 11.3 Å². The third-order valence-electron chi connectivity index (χ3n) is 7.94. The summed E-state index contributed by atoms with van der Waals surface area (Å²) in [6.07, 6.45) is 16.4. The number of carbonyl (C=O) groups excluding carboxylic acids is 1. The lowest BCUT2D eigenvalue weighted by atomic mass is 9.82. The number of anilines is 1. The number of thiophene rings is 1. The van der Waals surface area contributed by atoms with E-state index in [1.165, 1.54) is 16.6 Å². The van der Waals surface area contributed by atoms with Crippen LogP contribution in [0.5, 0.6) is 0 Å². The molecule has 1 atom stereocenters. The van der Waals surface area contributed by atoms with Crippen LogP contribution in [0, 0.1) is 5.92 Å². The van der Waals surface area contributed by atoms with Gasteiger partial charge in [-0.25, -0.2) is 13.2 Å². The molecule has 1 saturated carbocycles. The van der Waals surface area contributed by atoms with Crippen molar-refractivity contribution in [1.29, 1.82) is 0 Å². The van der Waals surface area contributed by atoms with Crippen LogP contribution in [0.1, 0.15) is 53.6 Å². The van der Waals surface area contributed by atoms with E-state index in [1.807, 2.05) is 19.1 Å². The molecular weight excluding hydrogens is 585 g/mol. The minimum absolute atomic E-state index is 0.00329. The summed E-state index contributed by atoms with van der Waals surface area (Å²) in [6.45, 7) is 5.31. The maximum Gasteiger partial charge on any atom is 0.348 e. The summed E-state index contributed by atoms with van der Waals surface area (Å²) in [7, 11) is -4.05. The Morgan fingerprint density at radius 2 is 1.88 bits per heavy atom. The number of amides is 1. The molecule has 5 rings (SSSR count). The number of rotatable bonds is 9. The monoisotopic (exact) mass is 618 g/mol. The maximum absolute atomic E-state index is 13.9. The minimum Gasteiger partial charge on any atom is -0.477 e. The summed E-state index contributed by atoms with van der Waals surface area (Å²) in [5.74, 6) is -1.54. The fourth-order valence-corrected chi connectivity index (χ4v) is 8.25. The Bertz CT molecular complexity index is 1660. The number of carbonyl (C=O) groups is 2. The second-order valence-corrected chi connectivity index (χ2v) is 13.6. The Morgan fingerprint density at radius 3 is 2.51 bits per heavy atom. The fourth-order valence-electron chi connectivity index (χ4n) is 5.90. The minimum atomic E-state index is -4.05. The topological polar surface area (TPSA) is 121 Å². The highest BCUT2D eigenvalue weighted by Gasteiger charge is 2.44. The number of hydrogen-bond acceptors (Lipinski definition) is 7. The second-order valence-electron chi connectivity index (χ2n) is 10.6. The zero-order valence-electron chi connectivity index (χ0n) is 23.9. The molecule has 1 aliphatic carbocycles. The summed E-state index contributed by atoms with van der Waals surface area (Å²) in [4.78, 5) is 37.1. The first-order chi connectivity index (χ1) is 20.7. The van der Waals surface area contributed by atoms with Gasteiger partial charge >= 0.3 is 5.97 Å². The molecule has 9 nitrogen and oxygen atoms in total. The van der Waals surface area contributed by atoms with Gasteiger partial charge in [0, 0.05) is 35.6 Å². The third kappa shape index (κ3) is 6.39. The zero-order chi connectivity index (χ0) is 30.6. The predicted molar refractivity (Wildman–Crippen MR) is 168 cm³/mol. The molecule has 0 aromatic carbocycles. The molecule has 0 unspecified atom stereocenters. The van der Waals surface area contributed by atoms with Gasteiger partial charge in [-0.2, -0.15) is 4.31 Å². The van der Waals surface area contributed by atoms with Crippen molar-refractivity contribution in [2.24, 2.45) is 5.92 Å². The van der Waals surface area contributed by atoms with Gasteiger partial charge in [0.25, 0.3) is 0 Å². The van der Waals surface area contributed by atoms with Gasteiger partial charge in [0.1, 0.15) is 9.77 Å². The fraction of sp³-hybridized carbons (Fsp3) is 0.312. The van der Waals surface area contributed by atoms with Crippen molar-refractivity contribution in [1.82, 2.24) is 14.3 Å². The molecule has 3 aromatic heterocycles. The number of pyridine rings is 2. The molecule has 2 aliphatic rings. The highest BCUT2D eigenvalue weighted by atomic mass is 32.2. The highest BCUT2D eigenvalue weighted by Crippen LogP contribution is 2.41. The van der Waals surface area contributed by atoms with E-state index in [0.29, 0.717) is 16.3 Å². The van der Waals surface area contributed by atoms with Crippen LogP contribution < -0.4 is 4.90 Å². The number of hydrogen-bond donors (Lipinski definition) is 1. The lowest BCUT2D eigenvalue weighted by Gasteiger charge is -2.44. The third-order valence-corrected chi connectivity index (χ3v) is 10.9. The van der Waals surface area contributed by atoms with E-state index < -0.39 is 34.5 Å². The Labute approximate surface area is 256 Å². The van der Waals surface area contributed by atoms with Crippen molar-refractivity contribution in [2.75, 3.05) is 18.0 Å². The standard InChI is InChI=1S/C32H34N4O5S2/c1-3-8-24(9-4-2)29-18-27(31(42-29)32(38)39)36-28(23-10-6-5-7-11-23)20-35(21-30(36)37)43(40,41)25-12-13-26(34-19-25)22-14-16-33-17-15-22/h3-4,8-9,12-19,23,28H,1,5-7,10-11,20-21H2,2H3,(H,38,39)/b9-4-,24-8+/t28-/m0/s1. The SMILES string of the molecule is C=C/C=C(\C=C/C)c1cc(N2C(=O)CN(S(=O)(=O)c3ccc(-c4ccncc4)nc3)C[C@H]2C2CCCCC2)c(C(=O)O)s1. The van der Waals surface area contributed by atoms with Crippen molar-refractivity contribution in [3.05, 3.63) is 89.6 Å². The van der Waals surface area contributed by atoms with Crippen LogP contribution in [0.25, 0.3) is 16.8 Å². The Balaban J connectivity index is 1.51. The second kappa shape index (κ2) is 13.2. The Kier molecular flexibility index (Phi) is 9.34. The summed E-state index contributed by atoms with van der Waals surface area (Å²) in [5.41, 5.74) is 2.51. The Morgan fingerprint density at radius 1 is 1.14 bits per heavy atom. The van der Waals surface area contributed by atoms with E-state index in [2.05, 4.69) is 16.5 Å². The molecule has 1 aliphatic heterocycles. The number of allylic oxidation sites excluding steroid dienone is 5. The smallest absolute Gasteiger partial charge is 0.348 e. The van der Waals surface area contributed by atoms with Crippen molar-refractivity contribution >= 4 is 44.5 Å². The normalized spacial score (nSPS) is 19.2. The average molecular weight is 619 g/mol. The number of piperazine rings is 1. The molecule has 1 saturated heterocycles. The van der Waals surface area contributed by atoms with Gasteiger partial charge in [-0.05, 0) is 61.6 Å². The molecule has 1 N–H and O–H groups in total. The van der Waals surface area contributed by atoms with Gasteiger partial charge in [-0.1, -0.05) is 50.1 Å². The lowest BCUT2D eigenvalue weighted by molar-refractivity contribution is -0.121. The first kappa shape index (κ1) is 30.5. The molecule has 43 heavy (non-hydrogen) atoms. The van der Waals surface area contributed by atoms with E-state index in [4.69, 9.17) is 0 Å². The zero-order valence-corrected chi connectivity index (χ0v) is 25.6. The number of carboxylic acid groups (broad SMARTS) is 1. The average Bonchev–Trinajstić information content (AvgIpc) is 3.47. The van der Waals surface area contributed by atoms with E-state index in [0.717, 1.165) is 54.6 Å². The van der Waals surface area contributed by atoms with Crippen molar-refractivity contribution in [3.63, 3.8) is 0 Å². The van der Waals surface area contributed by atoms with Gasteiger partial charge in [-0.15, -0.1) is 11.3 Å². The summed E-state index contributed by atoms with van der Waals surface area (Å²) < 4.78 is 28.9. The van der Waals surface area contributed by atoms with Gasteiger partial charge in [0.2, 0.25) is 15.9 Å². The lowest BCUT2D eigenvalue weighted by Crippen LogP contribution is -2.60. The quantitative estimate of drug-likeness (QED) is 0.291. The molecule has 224 valence electrons. The number of aromatic nitrogens is 2. The number of aromatic carboxylic acids is 1. The summed E-state index contributed by atoms with van der Waals surface area (Å²) in [6, 6.07) is 7.97. The Hall–Kier alpha value is -3.93. The van der Waals surface area contributed by atoms with Crippen molar-refractivity contribution in [2.45, 2.75) is 50.0 Å². The number of carboxylic acids is 1. The van der Waals surface area contributed by atoms with Crippen molar-refractivity contribution < 1.29 is 23.1 Å². The molecule has 0 bridgehead atoms. The van der Waals surface area contributed by atoms with E-state index in [-0.39, 0.29) is 22.2 Å². The molecule has 3 aromatic rings. The molecular formula is C32H34N4O5S2. The molecule has 2 fully saturated rings. The first-order valence-electron chi connectivity index (χ1n) is 14.3. The first-order valence-corrected chi connectivity index (χ1v) is 16.5.